The second kappa shape index (κ2) is 11.7. The molecule has 5 aromatic rings. The van der Waals surface area contributed by atoms with Gasteiger partial charge in [0.05, 0.1) is 28.7 Å². The van der Waals surface area contributed by atoms with Crippen molar-refractivity contribution in [2.75, 3.05) is 5.01 Å². The van der Waals surface area contributed by atoms with Crippen molar-refractivity contribution in [3.63, 3.8) is 0 Å². The molecule has 0 aliphatic rings. The molecule has 5 rings (SSSR count). The summed E-state index contributed by atoms with van der Waals surface area (Å²) in [6.07, 6.45) is 3.67. The molecule has 4 nitrogen and oxygen atoms in total. The summed E-state index contributed by atoms with van der Waals surface area (Å²) >= 11 is 1.60. The Morgan fingerprint density at radius 3 is 1.78 bits per heavy atom. The van der Waals surface area contributed by atoms with Gasteiger partial charge in [0.2, 0.25) is 0 Å². The van der Waals surface area contributed by atoms with Gasteiger partial charge >= 0.3 is 0 Å². The fraction of sp³-hybridized carbons (Fsp3) is 0. The topological polar surface area (TPSA) is 40.3 Å². The lowest BCUT2D eigenvalue weighted by Gasteiger charge is -2.18. The average molecular weight is 485 g/mol. The number of anilines is 2. The Labute approximate surface area is 215 Å². The minimum absolute atomic E-state index is 0.826. The smallest absolute Gasteiger partial charge is 0.100 e. The van der Waals surface area contributed by atoms with E-state index in [9.17, 15) is 0 Å². The van der Waals surface area contributed by atoms with Gasteiger partial charge in [-0.1, -0.05) is 109 Å². The van der Waals surface area contributed by atoms with Crippen LogP contribution < -0.4 is 5.01 Å². The molecule has 0 N–H and O–H groups in total. The van der Waals surface area contributed by atoms with Crippen LogP contribution in [0.3, 0.4) is 0 Å². The standard InChI is InChI=1S/C31H24N4S/c1-5-13-25(14-6-1)23-33-35(28-19-11-4-12-20-28)29-21-22-36-30(29)24-32-34-31(26-15-7-2-8-16-26)27-17-9-3-10-18-27/h1-24H. The Balaban J connectivity index is 1.49. The molecule has 0 aliphatic carbocycles. The second-order valence-corrected chi connectivity index (χ2v) is 8.85. The van der Waals surface area contributed by atoms with Gasteiger partial charge in [0, 0.05) is 11.1 Å². The van der Waals surface area contributed by atoms with Crippen LogP contribution in [-0.2, 0) is 0 Å². The fourth-order valence-corrected chi connectivity index (χ4v) is 4.43. The molecule has 0 saturated carbocycles. The van der Waals surface area contributed by atoms with Gasteiger partial charge in [0.15, 0.2) is 0 Å². The number of thiophene rings is 1. The first-order valence-corrected chi connectivity index (χ1v) is 12.5. The zero-order chi connectivity index (χ0) is 24.4. The van der Waals surface area contributed by atoms with E-state index in [2.05, 4.69) is 16.3 Å². The maximum Gasteiger partial charge on any atom is 0.100 e. The second-order valence-electron chi connectivity index (χ2n) is 7.90. The van der Waals surface area contributed by atoms with E-state index in [1.54, 1.807) is 17.6 Å². The van der Waals surface area contributed by atoms with E-state index < -0.39 is 0 Å². The highest BCUT2D eigenvalue weighted by atomic mass is 32.1. The van der Waals surface area contributed by atoms with Crippen LogP contribution in [-0.4, -0.2) is 18.1 Å². The van der Waals surface area contributed by atoms with E-state index in [1.165, 1.54) is 0 Å². The maximum atomic E-state index is 4.82. The summed E-state index contributed by atoms with van der Waals surface area (Å²) in [5.74, 6) is 0. The molecule has 0 amide bonds. The van der Waals surface area contributed by atoms with Crippen molar-refractivity contribution in [2.24, 2.45) is 15.3 Å². The molecule has 0 spiro atoms. The van der Waals surface area contributed by atoms with Crippen molar-refractivity contribution in [1.82, 2.24) is 0 Å². The number of nitrogens with zero attached hydrogens (tertiary/aromatic N) is 4. The summed E-state index contributed by atoms with van der Waals surface area (Å²) in [6, 6.07) is 42.5. The van der Waals surface area contributed by atoms with Crippen molar-refractivity contribution in [2.45, 2.75) is 0 Å². The highest BCUT2D eigenvalue weighted by Gasteiger charge is 2.13. The van der Waals surface area contributed by atoms with Gasteiger partial charge in [-0.25, -0.2) is 5.01 Å². The van der Waals surface area contributed by atoms with E-state index in [4.69, 9.17) is 5.10 Å². The molecule has 0 atom stereocenters. The SMILES string of the molecule is C(=NN=C(c1ccccc1)c1ccccc1)c1sccc1N(N=Cc1ccccc1)c1ccccc1. The summed E-state index contributed by atoms with van der Waals surface area (Å²) in [7, 11) is 0. The van der Waals surface area contributed by atoms with Gasteiger partial charge in [0.1, 0.15) is 5.71 Å². The zero-order valence-electron chi connectivity index (χ0n) is 19.6. The van der Waals surface area contributed by atoms with Crippen LogP contribution >= 0.6 is 11.3 Å². The van der Waals surface area contributed by atoms with E-state index in [-0.39, 0.29) is 0 Å². The normalized spacial score (nSPS) is 11.1. The van der Waals surface area contributed by atoms with Gasteiger partial charge < -0.3 is 0 Å². The molecule has 1 heterocycles. The van der Waals surface area contributed by atoms with E-state index in [0.29, 0.717) is 0 Å². The molecule has 36 heavy (non-hydrogen) atoms. The van der Waals surface area contributed by atoms with Gasteiger partial charge in [0.25, 0.3) is 0 Å². The Bertz CT molecular complexity index is 1420. The first kappa shape index (κ1) is 23.1. The molecule has 174 valence electrons. The average Bonchev–Trinajstić information content (AvgIpc) is 3.41. The van der Waals surface area contributed by atoms with Gasteiger partial charge in [-0.2, -0.15) is 10.2 Å². The highest BCUT2D eigenvalue weighted by molar-refractivity contribution is 7.12. The molecule has 5 heteroatoms. The molecule has 0 saturated heterocycles. The minimum Gasteiger partial charge on any atom is -0.232 e. The largest absolute Gasteiger partial charge is 0.232 e. The van der Waals surface area contributed by atoms with Crippen molar-refractivity contribution in [3.8, 4) is 0 Å². The van der Waals surface area contributed by atoms with Crippen molar-refractivity contribution >= 4 is 40.9 Å². The number of rotatable bonds is 8. The molecule has 0 radical (unpaired) electrons. The lowest BCUT2D eigenvalue weighted by atomic mass is 10.0. The first-order chi connectivity index (χ1) is 17.9. The van der Waals surface area contributed by atoms with Crippen LogP contribution in [0.1, 0.15) is 21.6 Å². The van der Waals surface area contributed by atoms with E-state index in [0.717, 1.165) is 38.7 Å². The van der Waals surface area contributed by atoms with Crippen LogP contribution in [0.2, 0.25) is 0 Å². The van der Waals surface area contributed by atoms with Crippen molar-refractivity contribution in [1.29, 1.82) is 0 Å². The Morgan fingerprint density at radius 1 is 0.611 bits per heavy atom. The van der Waals surface area contributed by atoms with Crippen molar-refractivity contribution < 1.29 is 0 Å². The number of benzene rings is 4. The lowest BCUT2D eigenvalue weighted by Crippen LogP contribution is -2.10. The zero-order valence-corrected chi connectivity index (χ0v) is 20.4. The van der Waals surface area contributed by atoms with Crippen LogP contribution in [0.15, 0.2) is 148 Å². The van der Waals surface area contributed by atoms with E-state index in [1.807, 2.05) is 138 Å². The monoisotopic (exact) mass is 484 g/mol. The minimum atomic E-state index is 0.826. The highest BCUT2D eigenvalue weighted by Crippen LogP contribution is 2.31. The van der Waals surface area contributed by atoms with E-state index >= 15 is 0 Å². The number of para-hydroxylation sites is 1. The lowest BCUT2D eigenvalue weighted by molar-refractivity contribution is 1.10. The quantitative estimate of drug-likeness (QED) is 0.164. The van der Waals surface area contributed by atoms with Gasteiger partial charge in [-0.15, -0.1) is 16.4 Å². The molecular weight excluding hydrogens is 460 g/mol. The molecule has 0 bridgehead atoms. The Kier molecular flexibility index (Phi) is 7.52. The Hall–Kier alpha value is -4.61. The summed E-state index contributed by atoms with van der Waals surface area (Å²) in [4.78, 5) is 0.966. The first-order valence-electron chi connectivity index (χ1n) is 11.6. The van der Waals surface area contributed by atoms with Gasteiger partial charge in [-0.05, 0) is 29.1 Å². The maximum absolute atomic E-state index is 4.82. The predicted octanol–water partition coefficient (Wildman–Crippen LogP) is 7.79. The number of hydrogen-bond donors (Lipinski definition) is 0. The predicted molar refractivity (Wildman–Crippen MR) is 153 cm³/mol. The Morgan fingerprint density at radius 2 is 1.17 bits per heavy atom. The molecule has 0 unspecified atom stereocenters. The number of hydrogen-bond acceptors (Lipinski definition) is 5. The molecule has 0 fully saturated rings. The summed E-state index contributed by atoms with van der Waals surface area (Å²) in [5, 5.41) is 18.0. The fourth-order valence-electron chi connectivity index (χ4n) is 3.70. The van der Waals surface area contributed by atoms with Crippen LogP contribution in [0, 0.1) is 0 Å². The third kappa shape index (κ3) is 5.71. The molecule has 0 aliphatic heterocycles. The van der Waals surface area contributed by atoms with Gasteiger partial charge in [-0.3, -0.25) is 0 Å². The van der Waals surface area contributed by atoms with Crippen LogP contribution in [0.5, 0.6) is 0 Å². The molecular formula is C31H24N4S. The summed E-state index contributed by atoms with van der Waals surface area (Å²) in [5.41, 5.74) is 5.81. The summed E-state index contributed by atoms with van der Waals surface area (Å²) in [6.45, 7) is 0. The third-order valence-electron chi connectivity index (χ3n) is 5.45. The molecule has 4 aromatic carbocycles. The van der Waals surface area contributed by atoms with Crippen molar-refractivity contribution in [3.05, 3.63) is 154 Å². The van der Waals surface area contributed by atoms with Crippen LogP contribution in [0.25, 0.3) is 0 Å². The van der Waals surface area contributed by atoms with Crippen LogP contribution in [0.4, 0.5) is 11.4 Å². The molecule has 1 aromatic heterocycles. The summed E-state index contributed by atoms with van der Waals surface area (Å²) < 4.78 is 0. The number of hydrazone groups is 1. The third-order valence-corrected chi connectivity index (χ3v) is 6.29.